The van der Waals surface area contributed by atoms with Crippen molar-refractivity contribution in [2.75, 3.05) is 82.2 Å². The summed E-state index contributed by atoms with van der Waals surface area (Å²) in [5.41, 5.74) is 1.33. The molecule has 4 fully saturated rings. The SMILES string of the molecule is COc1cc2c(N[C@@H]3CCCN(C(=O)O)C3)nc(N3CCCC3)nc2cc1OCc1cn(CCOCCOCCNC(=O)CCCC[C@@H]2SC[C@@H]3NC(=O)N[C@@H]32)nn1. The lowest BCUT2D eigenvalue weighted by Crippen LogP contribution is -2.44. The number of benzene rings is 1. The van der Waals surface area contributed by atoms with Gasteiger partial charge in [0.05, 0.1) is 63.9 Å². The van der Waals surface area contributed by atoms with Gasteiger partial charge in [-0.05, 0) is 44.6 Å². The number of nitrogens with one attached hydrogen (secondary N) is 4. The fourth-order valence-electron chi connectivity index (χ4n) is 7.80. The van der Waals surface area contributed by atoms with Crippen LogP contribution in [0.1, 0.15) is 57.1 Å². The third kappa shape index (κ3) is 11.0. The Balaban J connectivity index is 0.802. The predicted octanol–water partition coefficient (Wildman–Crippen LogP) is 2.84. The van der Waals surface area contributed by atoms with E-state index in [1.807, 2.05) is 30.1 Å². The number of piperidine rings is 1. The number of rotatable bonds is 21. The Morgan fingerprint density at radius 2 is 1.86 bits per heavy atom. The van der Waals surface area contributed by atoms with E-state index in [4.69, 9.17) is 28.9 Å². The zero-order valence-electron chi connectivity index (χ0n) is 33.0. The minimum Gasteiger partial charge on any atom is -0.493 e. The molecule has 0 aliphatic carbocycles. The largest absolute Gasteiger partial charge is 0.493 e. The van der Waals surface area contributed by atoms with Crippen LogP contribution in [0.2, 0.25) is 0 Å². The summed E-state index contributed by atoms with van der Waals surface area (Å²) in [5.74, 6) is 3.26. The number of urea groups is 1. The number of carbonyl (C=O) groups is 3. The molecule has 7 rings (SSSR count). The van der Waals surface area contributed by atoms with Crippen LogP contribution >= 0.6 is 11.8 Å². The van der Waals surface area contributed by atoms with Crippen molar-refractivity contribution in [2.24, 2.45) is 0 Å². The van der Waals surface area contributed by atoms with Crippen molar-refractivity contribution in [3.63, 3.8) is 0 Å². The van der Waals surface area contributed by atoms with E-state index < -0.39 is 6.09 Å². The van der Waals surface area contributed by atoms with E-state index >= 15 is 0 Å². The molecule has 4 aliphatic heterocycles. The van der Waals surface area contributed by atoms with Gasteiger partial charge in [0, 0.05) is 67.6 Å². The average molecular weight is 826 g/mol. The smallest absolute Gasteiger partial charge is 0.407 e. The number of nitrogens with zero attached hydrogens (tertiary/aromatic N) is 7. The van der Waals surface area contributed by atoms with Crippen LogP contribution in [-0.2, 0) is 27.4 Å². The third-order valence-electron chi connectivity index (χ3n) is 10.8. The molecule has 2 aromatic heterocycles. The van der Waals surface area contributed by atoms with Gasteiger partial charge in [0.2, 0.25) is 11.9 Å². The Morgan fingerprint density at radius 1 is 1.02 bits per heavy atom. The maximum absolute atomic E-state index is 12.2. The van der Waals surface area contributed by atoms with E-state index in [0.717, 1.165) is 69.2 Å². The summed E-state index contributed by atoms with van der Waals surface area (Å²) in [6.07, 6.45) is 7.92. The Labute approximate surface area is 341 Å². The zero-order chi connectivity index (χ0) is 40.3. The molecule has 4 saturated heterocycles. The molecule has 4 atom stereocenters. The van der Waals surface area contributed by atoms with E-state index in [1.165, 1.54) is 4.90 Å². The second kappa shape index (κ2) is 20.2. The molecule has 58 heavy (non-hydrogen) atoms. The van der Waals surface area contributed by atoms with Crippen LogP contribution in [0.15, 0.2) is 18.3 Å². The van der Waals surface area contributed by atoms with Gasteiger partial charge in [-0.2, -0.15) is 16.7 Å². The number of fused-ring (bicyclic) bond motifs is 2. The molecule has 20 heteroatoms. The first-order chi connectivity index (χ1) is 28.3. The number of unbranched alkanes of at least 4 members (excludes halogenated alkanes) is 1. The molecule has 0 radical (unpaired) electrons. The van der Waals surface area contributed by atoms with Crippen molar-refractivity contribution in [3.05, 3.63) is 24.0 Å². The van der Waals surface area contributed by atoms with Gasteiger partial charge in [-0.25, -0.2) is 19.3 Å². The number of likely N-dealkylation sites (tertiary alicyclic amines) is 1. The molecule has 5 N–H and O–H groups in total. The van der Waals surface area contributed by atoms with E-state index in [1.54, 1.807) is 11.8 Å². The van der Waals surface area contributed by atoms with E-state index in [-0.39, 0.29) is 36.7 Å². The molecule has 4 aliphatic rings. The highest BCUT2D eigenvalue weighted by Gasteiger charge is 2.42. The molecule has 0 saturated carbocycles. The number of carboxylic acid groups (broad SMARTS) is 1. The number of aromatic nitrogens is 5. The number of carbonyl (C=O) groups excluding carboxylic acids is 2. The normalized spacial score (nSPS) is 21.5. The summed E-state index contributed by atoms with van der Waals surface area (Å²) in [7, 11) is 1.58. The van der Waals surface area contributed by atoms with E-state index in [9.17, 15) is 19.5 Å². The first kappa shape index (κ1) is 41.3. The maximum Gasteiger partial charge on any atom is 0.407 e. The van der Waals surface area contributed by atoms with E-state index in [2.05, 4.69) is 36.5 Å². The summed E-state index contributed by atoms with van der Waals surface area (Å²) in [6.45, 7) is 5.46. The fraction of sp³-hybridized carbons (Fsp3) is 0.658. The van der Waals surface area contributed by atoms with Gasteiger partial charge < -0.3 is 55.1 Å². The molecule has 0 spiro atoms. The van der Waals surface area contributed by atoms with Crippen molar-refractivity contribution in [1.82, 2.24) is 45.8 Å². The predicted molar refractivity (Wildman–Crippen MR) is 217 cm³/mol. The van der Waals surface area contributed by atoms with Gasteiger partial charge in [-0.3, -0.25) is 4.79 Å². The summed E-state index contributed by atoms with van der Waals surface area (Å²) >= 11 is 1.90. The van der Waals surface area contributed by atoms with Crippen molar-refractivity contribution in [2.45, 2.75) is 87.9 Å². The molecule has 6 heterocycles. The number of hydrogen-bond donors (Lipinski definition) is 5. The summed E-state index contributed by atoms with van der Waals surface area (Å²) in [5, 5.41) is 31.6. The van der Waals surface area contributed by atoms with Gasteiger partial charge in [0.25, 0.3) is 0 Å². The first-order valence-electron chi connectivity index (χ1n) is 20.3. The van der Waals surface area contributed by atoms with Gasteiger partial charge in [-0.1, -0.05) is 11.6 Å². The van der Waals surface area contributed by atoms with Crippen molar-refractivity contribution >= 4 is 52.5 Å². The summed E-state index contributed by atoms with van der Waals surface area (Å²) in [4.78, 5) is 48.8. The average Bonchev–Trinajstić information content (AvgIpc) is 4.05. The summed E-state index contributed by atoms with van der Waals surface area (Å²) < 4.78 is 24.9. The first-order valence-corrected chi connectivity index (χ1v) is 21.4. The quantitative estimate of drug-likeness (QED) is 0.0771. The van der Waals surface area contributed by atoms with Crippen LogP contribution < -0.4 is 35.6 Å². The Bertz CT molecular complexity index is 1860. The second-order valence-electron chi connectivity index (χ2n) is 15.0. The number of amides is 4. The monoisotopic (exact) mass is 825 g/mol. The van der Waals surface area contributed by atoms with Crippen LogP contribution in [0.4, 0.5) is 21.4 Å². The maximum atomic E-state index is 12.2. The van der Waals surface area contributed by atoms with Crippen molar-refractivity contribution in [1.29, 1.82) is 0 Å². The van der Waals surface area contributed by atoms with Crippen LogP contribution in [0.3, 0.4) is 0 Å². The van der Waals surface area contributed by atoms with Gasteiger partial charge in [-0.15, -0.1) is 5.10 Å². The fourth-order valence-corrected chi connectivity index (χ4v) is 9.34. The topological polar surface area (TPSA) is 219 Å². The van der Waals surface area contributed by atoms with Crippen LogP contribution in [0, 0.1) is 0 Å². The molecular weight excluding hydrogens is 771 g/mol. The molecule has 3 aromatic rings. The molecule has 4 amide bonds. The lowest BCUT2D eigenvalue weighted by molar-refractivity contribution is -0.121. The number of methoxy groups -OCH3 is 1. The number of thioether (sulfide) groups is 1. The van der Waals surface area contributed by atoms with Crippen LogP contribution in [-0.4, -0.2) is 148 Å². The molecule has 19 nitrogen and oxygen atoms in total. The zero-order valence-corrected chi connectivity index (χ0v) is 33.8. The standard InChI is InChI=1S/C38H55N11O8S/c1-54-30-19-27-28(41-36(47-11-4-5-12-47)44-35(27)40-25-7-6-13-48(21-25)38(52)53)20-31(30)57-23-26-22-49(46-45-26)14-16-56-18-17-55-15-10-39-33(50)9-3-2-8-32-34-29(24-58-32)42-37(51)43-34/h19-20,22,25,29,32,34H,2-18,21,23-24H2,1H3,(H,39,50)(H,52,53)(H,40,41,44)(H2,42,43,51)/t25-,29+,32+,34+/m1/s1. The van der Waals surface area contributed by atoms with Crippen LogP contribution in [0.25, 0.3) is 10.9 Å². The summed E-state index contributed by atoms with van der Waals surface area (Å²) in [6, 6.07) is 4.00. The Hall–Kier alpha value is -4.82. The van der Waals surface area contributed by atoms with Crippen LogP contribution in [0.5, 0.6) is 11.5 Å². The molecular formula is C38H55N11O8S. The second-order valence-corrected chi connectivity index (χ2v) is 16.3. The number of anilines is 2. The molecule has 0 unspecified atom stereocenters. The minimum absolute atomic E-state index is 0.0255. The lowest BCUT2D eigenvalue weighted by atomic mass is 10.0. The van der Waals surface area contributed by atoms with Gasteiger partial charge >= 0.3 is 12.1 Å². The minimum atomic E-state index is -0.914. The van der Waals surface area contributed by atoms with Crippen molar-refractivity contribution in [3.8, 4) is 11.5 Å². The Morgan fingerprint density at radius 3 is 2.69 bits per heavy atom. The number of hydrogen-bond acceptors (Lipinski definition) is 14. The Kier molecular flexibility index (Phi) is 14.4. The van der Waals surface area contributed by atoms with Crippen molar-refractivity contribution < 1.29 is 38.4 Å². The highest BCUT2D eigenvalue weighted by molar-refractivity contribution is 8.00. The highest BCUT2D eigenvalue weighted by Crippen LogP contribution is 2.37. The number of ether oxygens (including phenoxy) is 4. The molecule has 1 aromatic carbocycles. The highest BCUT2D eigenvalue weighted by atomic mass is 32.2. The lowest BCUT2D eigenvalue weighted by Gasteiger charge is -2.32. The van der Waals surface area contributed by atoms with Gasteiger partial charge in [0.15, 0.2) is 11.5 Å². The van der Waals surface area contributed by atoms with E-state index in [0.29, 0.717) is 98.8 Å². The van der Waals surface area contributed by atoms with Gasteiger partial charge in [0.1, 0.15) is 18.1 Å². The third-order valence-corrected chi connectivity index (χ3v) is 12.3. The molecule has 0 bridgehead atoms. The molecule has 316 valence electrons.